The van der Waals surface area contributed by atoms with Gasteiger partial charge in [-0.05, 0) is 24.3 Å². The van der Waals surface area contributed by atoms with E-state index in [-0.39, 0.29) is 5.76 Å². The van der Waals surface area contributed by atoms with Crippen molar-refractivity contribution in [2.75, 3.05) is 31.1 Å². The van der Waals surface area contributed by atoms with Crippen LogP contribution >= 0.6 is 0 Å². The van der Waals surface area contributed by atoms with Gasteiger partial charge in [0.15, 0.2) is 11.2 Å². The van der Waals surface area contributed by atoms with E-state index in [9.17, 15) is 4.79 Å². The quantitative estimate of drug-likeness (QED) is 0.723. The standard InChI is InChI=1S/C16H17N5O2/c22-16-21(15-13(23-16)4-3-7-18-15)12-19-8-10-20(11-9-19)14-5-1-2-6-17-14/h1-7H,8-12H2. The smallest absolute Gasteiger partial charge is 0.406 e. The van der Waals surface area contributed by atoms with Gasteiger partial charge in [-0.1, -0.05) is 6.07 Å². The maximum absolute atomic E-state index is 12.0. The normalized spacial score (nSPS) is 16.1. The van der Waals surface area contributed by atoms with Crippen LogP contribution in [0.4, 0.5) is 5.82 Å². The Labute approximate surface area is 132 Å². The number of fused-ring (bicyclic) bond motifs is 1. The van der Waals surface area contributed by atoms with Crippen LogP contribution in [-0.4, -0.2) is 45.6 Å². The molecule has 1 fully saturated rings. The van der Waals surface area contributed by atoms with Gasteiger partial charge in [-0.2, -0.15) is 0 Å². The van der Waals surface area contributed by atoms with Crippen molar-refractivity contribution in [1.82, 2.24) is 19.4 Å². The van der Waals surface area contributed by atoms with E-state index in [4.69, 9.17) is 4.42 Å². The molecule has 0 atom stereocenters. The average molecular weight is 311 g/mol. The fourth-order valence-electron chi connectivity index (χ4n) is 2.88. The Morgan fingerprint density at radius 2 is 1.83 bits per heavy atom. The van der Waals surface area contributed by atoms with Gasteiger partial charge >= 0.3 is 5.76 Å². The molecule has 0 amide bonds. The van der Waals surface area contributed by atoms with Crippen molar-refractivity contribution in [2.24, 2.45) is 0 Å². The fraction of sp³-hybridized carbons (Fsp3) is 0.312. The van der Waals surface area contributed by atoms with Gasteiger partial charge in [0.25, 0.3) is 0 Å². The zero-order valence-corrected chi connectivity index (χ0v) is 12.6. The van der Waals surface area contributed by atoms with Crippen LogP contribution in [0.5, 0.6) is 0 Å². The Hall–Kier alpha value is -2.67. The summed E-state index contributed by atoms with van der Waals surface area (Å²) in [6, 6.07) is 9.47. The first-order valence-electron chi connectivity index (χ1n) is 7.64. The lowest BCUT2D eigenvalue weighted by Gasteiger charge is -2.35. The molecule has 3 aromatic rings. The van der Waals surface area contributed by atoms with E-state index in [0.717, 1.165) is 32.0 Å². The van der Waals surface area contributed by atoms with Crippen LogP contribution < -0.4 is 10.7 Å². The predicted octanol–water partition coefficient (Wildman–Crippen LogP) is 1.16. The molecule has 0 aromatic carbocycles. The maximum Gasteiger partial charge on any atom is 0.422 e. The van der Waals surface area contributed by atoms with E-state index in [2.05, 4.69) is 19.8 Å². The van der Waals surface area contributed by atoms with Gasteiger partial charge in [-0.3, -0.25) is 4.90 Å². The Morgan fingerprint density at radius 1 is 1.00 bits per heavy atom. The molecule has 0 unspecified atom stereocenters. The Morgan fingerprint density at radius 3 is 2.61 bits per heavy atom. The summed E-state index contributed by atoms with van der Waals surface area (Å²) in [7, 11) is 0. The minimum Gasteiger partial charge on any atom is -0.406 e. The van der Waals surface area contributed by atoms with Gasteiger partial charge in [0.2, 0.25) is 0 Å². The minimum atomic E-state index is -0.356. The highest BCUT2D eigenvalue weighted by Gasteiger charge is 2.20. The second-order valence-corrected chi connectivity index (χ2v) is 5.56. The molecule has 0 N–H and O–H groups in total. The van der Waals surface area contributed by atoms with Gasteiger partial charge in [-0.25, -0.2) is 19.3 Å². The first-order chi connectivity index (χ1) is 11.3. The SMILES string of the molecule is O=c1oc2cccnc2n1CN1CCN(c2ccccn2)CC1. The molecule has 7 nitrogen and oxygen atoms in total. The molecule has 1 aliphatic rings. The van der Waals surface area contributed by atoms with Crippen molar-refractivity contribution in [3.63, 3.8) is 0 Å². The van der Waals surface area contributed by atoms with Crippen molar-refractivity contribution in [3.05, 3.63) is 53.3 Å². The van der Waals surface area contributed by atoms with Crippen LogP contribution in [0.1, 0.15) is 0 Å². The summed E-state index contributed by atoms with van der Waals surface area (Å²) in [4.78, 5) is 25.1. The second-order valence-electron chi connectivity index (χ2n) is 5.56. The van der Waals surface area contributed by atoms with Crippen molar-refractivity contribution in [3.8, 4) is 0 Å². The van der Waals surface area contributed by atoms with Crippen molar-refractivity contribution in [1.29, 1.82) is 0 Å². The van der Waals surface area contributed by atoms with Crippen LogP contribution in [0.3, 0.4) is 0 Å². The summed E-state index contributed by atoms with van der Waals surface area (Å²) in [5.74, 6) is 0.644. The number of pyridine rings is 2. The van der Waals surface area contributed by atoms with Crippen LogP contribution in [0.2, 0.25) is 0 Å². The maximum atomic E-state index is 12.0. The number of rotatable bonds is 3. The number of anilines is 1. The van der Waals surface area contributed by atoms with Crippen LogP contribution in [-0.2, 0) is 6.67 Å². The van der Waals surface area contributed by atoms with Gasteiger partial charge < -0.3 is 9.32 Å². The number of nitrogens with zero attached hydrogens (tertiary/aromatic N) is 5. The van der Waals surface area contributed by atoms with Gasteiger partial charge in [0.1, 0.15) is 5.82 Å². The number of hydrogen-bond acceptors (Lipinski definition) is 6. The second kappa shape index (κ2) is 5.85. The largest absolute Gasteiger partial charge is 0.422 e. The molecule has 3 aromatic heterocycles. The number of piperazine rings is 1. The number of hydrogen-bond donors (Lipinski definition) is 0. The fourth-order valence-corrected chi connectivity index (χ4v) is 2.88. The topological polar surface area (TPSA) is 67.4 Å². The highest BCUT2D eigenvalue weighted by atomic mass is 16.4. The summed E-state index contributed by atoms with van der Waals surface area (Å²) in [5.41, 5.74) is 1.13. The molecule has 7 heteroatoms. The summed E-state index contributed by atoms with van der Waals surface area (Å²) in [6.45, 7) is 3.99. The van der Waals surface area contributed by atoms with Gasteiger partial charge in [0.05, 0.1) is 6.67 Å². The first kappa shape index (κ1) is 14.0. The first-order valence-corrected chi connectivity index (χ1v) is 7.64. The molecule has 23 heavy (non-hydrogen) atoms. The van der Waals surface area contributed by atoms with E-state index < -0.39 is 0 Å². The number of oxazole rings is 1. The van der Waals surface area contributed by atoms with Gasteiger partial charge in [-0.15, -0.1) is 0 Å². The van der Waals surface area contributed by atoms with Crippen molar-refractivity contribution >= 4 is 17.0 Å². The van der Waals surface area contributed by atoms with E-state index in [1.165, 1.54) is 0 Å². The summed E-state index contributed by atoms with van der Waals surface area (Å²) in [6.07, 6.45) is 3.48. The molecule has 0 spiro atoms. The lowest BCUT2D eigenvalue weighted by Crippen LogP contribution is -2.47. The zero-order valence-electron chi connectivity index (χ0n) is 12.6. The Balaban J connectivity index is 1.47. The summed E-state index contributed by atoms with van der Waals surface area (Å²) >= 11 is 0. The molecule has 0 aliphatic carbocycles. The van der Waals surface area contributed by atoms with Gasteiger partial charge in [0, 0.05) is 38.6 Å². The highest BCUT2D eigenvalue weighted by Crippen LogP contribution is 2.14. The third-order valence-corrected chi connectivity index (χ3v) is 4.11. The van der Waals surface area contributed by atoms with Crippen molar-refractivity contribution < 1.29 is 4.42 Å². The monoisotopic (exact) mass is 311 g/mol. The average Bonchev–Trinajstić information content (AvgIpc) is 2.92. The number of aromatic nitrogens is 3. The molecule has 0 radical (unpaired) electrons. The van der Waals surface area contributed by atoms with E-state index in [0.29, 0.717) is 17.9 Å². The van der Waals surface area contributed by atoms with E-state index in [1.807, 2.05) is 24.4 Å². The minimum absolute atomic E-state index is 0.356. The molecule has 1 saturated heterocycles. The van der Waals surface area contributed by atoms with Crippen LogP contribution in [0, 0.1) is 0 Å². The third kappa shape index (κ3) is 2.70. The lowest BCUT2D eigenvalue weighted by atomic mass is 10.3. The highest BCUT2D eigenvalue weighted by molar-refractivity contribution is 5.67. The molecule has 0 bridgehead atoms. The van der Waals surface area contributed by atoms with E-state index >= 15 is 0 Å². The van der Waals surface area contributed by atoms with Crippen LogP contribution in [0.15, 0.2) is 51.9 Å². The molecular formula is C16H17N5O2. The summed E-state index contributed by atoms with van der Waals surface area (Å²) in [5, 5.41) is 0. The molecule has 118 valence electrons. The molecule has 4 rings (SSSR count). The lowest BCUT2D eigenvalue weighted by molar-refractivity contribution is 0.201. The Bertz CT molecular complexity index is 850. The molecular weight excluding hydrogens is 294 g/mol. The van der Waals surface area contributed by atoms with E-state index in [1.54, 1.807) is 22.9 Å². The Kier molecular flexibility index (Phi) is 3.55. The van der Waals surface area contributed by atoms with Crippen LogP contribution in [0.25, 0.3) is 11.2 Å². The molecule has 1 aliphatic heterocycles. The third-order valence-electron chi connectivity index (χ3n) is 4.11. The molecule has 4 heterocycles. The predicted molar refractivity (Wildman–Crippen MR) is 86.3 cm³/mol. The summed E-state index contributed by atoms with van der Waals surface area (Å²) < 4.78 is 6.82. The molecule has 0 saturated carbocycles. The zero-order chi connectivity index (χ0) is 15.6. The van der Waals surface area contributed by atoms with Crippen molar-refractivity contribution in [2.45, 2.75) is 6.67 Å².